The van der Waals surface area contributed by atoms with Crippen LogP contribution in [0.15, 0.2) is 47.4 Å². The van der Waals surface area contributed by atoms with Gasteiger partial charge in [-0.05, 0) is 49.7 Å². The first-order chi connectivity index (χ1) is 9.86. The number of rotatable bonds is 4. The summed E-state index contributed by atoms with van der Waals surface area (Å²) in [6, 6.07) is 11.7. The molecular weight excluding hydrogens is 329 g/mol. The molecule has 0 fully saturated rings. The number of aryl methyl sites for hydroxylation is 1. The van der Waals surface area contributed by atoms with Crippen molar-refractivity contribution in [2.24, 2.45) is 0 Å². The first kappa shape index (κ1) is 16.1. The van der Waals surface area contributed by atoms with E-state index in [0.717, 1.165) is 5.56 Å². The third-order valence-corrected chi connectivity index (χ3v) is 5.66. The Kier molecular flexibility index (Phi) is 4.81. The Balaban J connectivity index is 2.57. The van der Waals surface area contributed by atoms with Crippen molar-refractivity contribution < 1.29 is 8.42 Å². The predicted molar refractivity (Wildman–Crippen MR) is 87.8 cm³/mol. The lowest BCUT2D eigenvalue weighted by molar-refractivity contribution is 0.592. The van der Waals surface area contributed by atoms with E-state index in [-0.39, 0.29) is 9.92 Å². The lowest BCUT2D eigenvalue weighted by Crippen LogP contribution is -2.31. The maximum absolute atomic E-state index is 12.8. The van der Waals surface area contributed by atoms with Crippen LogP contribution < -0.4 is 4.31 Å². The zero-order valence-electron chi connectivity index (χ0n) is 11.7. The summed E-state index contributed by atoms with van der Waals surface area (Å²) in [4.78, 5) is 0.0139. The largest absolute Gasteiger partial charge is 0.267 e. The summed E-state index contributed by atoms with van der Waals surface area (Å²) in [6.07, 6.45) is 0. The lowest BCUT2D eigenvalue weighted by Gasteiger charge is -2.23. The summed E-state index contributed by atoms with van der Waals surface area (Å²) < 4.78 is 27.0. The van der Waals surface area contributed by atoms with E-state index >= 15 is 0 Å². The maximum Gasteiger partial charge on any atom is 0.265 e. The van der Waals surface area contributed by atoms with Crippen LogP contribution in [0.3, 0.4) is 0 Å². The molecule has 2 rings (SSSR count). The minimum atomic E-state index is -3.76. The van der Waals surface area contributed by atoms with E-state index in [1.165, 1.54) is 16.4 Å². The minimum absolute atomic E-state index is 0.0139. The first-order valence-corrected chi connectivity index (χ1v) is 8.60. The molecule has 21 heavy (non-hydrogen) atoms. The van der Waals surface area contributed by atoms with Crippen LogP contribution in [0, 0.1) is 6.92 Å². The van der Waals surface area contributed by atoms with Gasteiger partial charge in [-0.15, -0.1) is 0 Å². The standard InChI is InChI=1S/C15H15Cl2NO2S/c1-3-18(13-6-4-5-11(2)9-13)21(19,20)15-10-12(16)7-8-14(15)17/h4-10H,3H2,1-2H3. The van der Waals surface area contributed by atoms with E-state index in [0.29, 0.717) is 17.3 Å². The highest BCUT2D eigenvalue weighted by molar-refractivity contribution is 7.93. The van der Waals surface area contributed by atoms with E-state index in [4.69, 9.17) is 23.2 Å². The minimum Gasteiger partial charge on any atom is -0.267 e. The van der Waals surface area contributed by atoms with Crippen molar-refractivity contribution in [3.05, 3.63) is 58.1 Å². The highest BCUT2D eigenvalue weighted by atomic mass is 35.5. The van der Waals surface area contributed by atoms with Gasteiger partial charge < -0.3 is 0 Å². The van der Waals surface area contributed by atoms with E-state index in [1.54, 1.807) is 19.1 Å². The van der Waals surface area contributed by atoms with Gasteiger partial charge in [0.15, 0.2) is 0 Å². The smallest absolute Gasteiger partial charge is 0.265 e. The molecule has 0 heterocycles. The van der Waals surface area contributed by atoms with Crippen LogP contribution in [0.4, 0.5) is 5.69 Å². The van der Waals surface area contributed by atoms with Crippen LogP contribution >= 0.6 is 23.2 Å². The van der Waals surface area contributed by atoms with Gasteiger partial charge in [-0.3, -0.25) is 4.31 Å². The number of hydrogen-bond acceptors (Lipinski definition) is 2. The van der Waals surface area contributed by atoms with Gasteiger partial charge in [0.1, 0.15) is 4.90 Å². The van der Waals surface area contributed by atoms with Gasteiger partial charge in [-0.2, -0.15) is 0 Å². The molecule has 112 valence electrons. The van der Waals surface area contributed by atoms with Crippen molar-refractivity contribution in [1.29, 1.82) is 0 Å². The van der Waals surface area contributed by atoms with Crippen molar-refractivity contribution in [3.8, 4) is 0 Å². The highest BCUT2D eigenvalue weighted by Crippen LogP contribution is 2.30. The fraction of sp³-hybridized carbons (Fsp3) is 0.200. The lowest BCUT2D eigenvalue weighted by atomic mass is 10.2. The number of anilines is 1. The van der Waals surface area contributed by atoms with E-state index in [2.05, 4.69) is 0 Å². The average Bonchev–Trinajstić information content (AvgIpc) is 2.42. The third kappa shape index (κ3) is 3.34. The Morgan fingerprint density at radius 3 is 2.43 bits per heavy atom. The summed E-state index contributed by atoms with van der Waals surface area (Å²) >= 11 is 11.9. The van der Waals surface area contributed by atoms with Crippen molar-refractivity contribution in [2.45, 2.75) is 18.7 Å². The Labute approximate surface area is 135 Å². The molecule has 6 heteroatoms. The molecule has 0 N–H and O–H groups in total. The fourth-order valence-corrected chi connectivity index (χ4v) is 4.27. The van der Waals surface area contributed by atoms with Gasteiger partial charge in [0.25, 0.3) is 10.0 Å². The number of halogens is 2. The quantitative estimate of drug-likeness (QED) is 0.818. The van der Waals surface area contributed by atoms with E-state index in [1.807, 2.05) is 25.1 Å². The fourth-order valence-electron chi connectivity index (χ4n) is 2.07. The predicted octanol–water partition coefficient (Wildman–Crippen LogP) is 4.52. The number of hydrogen-bond donors (Lipinski definition) is 0. The zero-order valence-corrected chi connectivity index (χ0v) is 14.0. The summed E-state index contributed by atoms with van der Waals surface area (Å²) in [5, 5.41) is 0.490. The molecule has 2 aromatic rings. The molecule has 0 aliphatic carbocycles. The highest BCUT2D eigenvalue weighted by Gasteiger charge is 2.26. The Hall–Kier alpha value is -1.23. The van der Waals surface area contributed by atoms with Gasteiger partial charge in [0.2, 0.25) is 0 Å². The van der Waals surface area contributed by atoms with Crippen LogP contribution in [0.25, 0.3) is 0 Å². The molecule has 2 aromatic carbocycles. The van der Waals surface area contributed by atoms with Crippen molar-refractivity contribution in [3.63, 3.8) is 0 Å². The molecule has 0 spiro atoms. The molecule has 0 amide bonds. The van der Waals surface area contributed by atoms with Crippen LogP contribution in [-0.2, 0) is 10.0 Å². The topological polar surface area (TPSA) is 37.4 Å². The molecule has 0 aliphatic rings. The van der Waals surface area contributed by atoms with Gasteiger partial charge in [0.05, 0.1) is 10.7 Å². The van der Waals surface area contributed by atoms with Gasteiger partial charge in [0, 0.05) is 11.6 Å². The van der Waals surface area contributed by atoms with Crippen molar-refractivity contribution >= 4 is 38.9 Å². The molecule has 0 aliphatic heterocycles. The second-order valence-corrected chi connectivity index (χ2v) is 7.26. The first-order valence-electron chi connectivity index (χ1n) is 6.40. The van der Waals surface area contributed by atoms with Crippen LogP contribution in [0.5, 0.6) is 0 Å². The number of nitrogens with zero attached hydrogens (tertiary/aromatic N) is 1. The van der Waals surface area contributed by atoms with Crippen LogP contribution in [0.2, 0.25) is 10.0 Å². The normalized spacial score (nSPS) is 11.4. The molecule has 0 saturated carbocycles. The molecule has 0 unspecified atom stereocenters. The molecule has 0 saturated heterocycles. The molecule has 0 bridgehead atoms. The SMILES string of the molecule is CCN(c1cccc(C)c1)S(=O)(=O)c1cc(Cl)ccc1Cl. The van der Waals surface area contributed by atoms with Crippen molar-refractivity contribution in [1.82, 2.24) is 0 Å². The van der Waals surface area contributed by atoms with Gasteiger partial charge in [-0.1, -0.05) is 35.3 Å². The van der Waals surface area contributed by atoms with E-state index < -0.39 is 10.0 Å². The summed E-state index contributed by atoms with van der Waals surface area (Å²) in [5.74, 6) is 0. The Morgan fingerprint density at radius 2 is 1.81 bits per heavy atom. The second-order valence-electron chi connectivity index (χ2n) is 4.58. The maximum atomic E-state index is 12.8. The molecule has 0 radical (unpaired) electrons. The van der Waals surface area contributed by atoms with E-state index in [9.17, 15) is 8.42 Å². The molecule has 0 aromatic heterocycles. The molecule has 3 nitrogen and oxygen atoms in total. The summed E-state index contributed by atoms with van der Waals surface area (Å²) in [7, 11) is -3.76. The van der Waals surface area contributed by atoms with Gasteiger partial charge >= 0.3 is 0 Å². The zero-order chi connectivity index (χ0) is 15.6. The summed E-state index contributed by atoms with van der Waals surface area (Å²) in [5.41, 5.74) is 1.59. The number of benzene rings is 2. The Morgan fingerprint density at radius 1 is 1.10 bits per heavy atom. The van der Waals surface area contributed by atoms with Crippen LogP contribution in [-0.4, -0.2) is 15.0 Å². The van der Waals surface area contributed by atoms with Crippen molar-refractivity contribution in [2.75, 3.05) is 10.8 Å². The Bertz CT molecular complexity index is 760. The molecular formula is C15H15Cl2NO2S. The van der Waals surface area contributed by atoms with Gasteiger partial charge in [-0.25, -0.2) is 8.42 Å². The number of sulfonamides is 1. The molecule has 0 atom stereocenters. The summed E-state index contributed by atoms with van der Waals surface area (Å²) in [6.45, 7) is 3.99. The third-order valence-electron chi connectivity index (χ3n) is 3.04. The second kappa shape index (κ2) is 6.26. The van der Waals surface area contributed by atoms with Crippen LogP contribution in [0.1, 0.15) is 12.5 Å². The monoisotopic (exact) mass is 343 g/mol. The average molecular weight is 344 g/mol.